The second kappa shape index (κ2) is 7.96. The smallest absolute Gasteiger partial charge is 0.338 e. The maximum atomic E-state index is 12.5. The second-order valence-electron chi connectivity index (χ2n) is 5.95. The first-order valence-corrected chi connectivity index (χ1v) is 10.3. The minimum Gasteiger partial charge on any atom is -0.457 e. The maximum Gasteiger partial charge on any atom is 0.338 e. The molecule has 0 radical (unpaired) electrons. The van der Waals surface area contributed by atoms with Crippen molar-refractivity contribution in [2.45, 2.75) is 24.3 Å². The number of nitrogens with zero attached hydrogens (tertiary/aromatic N) is 1. The molecule has 0 amide bonds. The number of hydrogen-bond acceptors (Lipinski definition) is 4. The summed E-state index contributed by atoms with van der Waals surface area (Å²) in [7, 11) is -3.49. The number of carbonyl (C=O) groups excluding carboxylic acids is 1. The Morgan fingerprint density at radius 2 is 1.69 bits per heavy atom. The zero-order valence-electron chi connectivity index (χ0n) is 13.8. The summed E-state index contributed by atoms with van der Waals surface area (Å²) in [6.07, 6.45) is 1.74. The molecule has 0 atom stereocenters. The van der Waals surface area contributed by atoms with E-state index in [-0.39, 0.29) is 17.1 Å². The molecule has 0 N–H and O–H groups in total. The fraction of sp³-hybridized carbons (Fsp3) is 0.278. The third-order valence-corrected chi connectivity index (χ3v) is 6.67. The van der Waals surface area contributed by atoms with Crippen LogP contribution in [0.2, 0.25) is 10.0 Å². The maximum absolute atomic E-state index is 12.5. The molecule has 1 fully saturated rings. The topological polar surface area (TPSA) is 63.7 Å². The molecule has 0 bridgehead atoms. The van der Waals surface area contributed by atoms with Crippen molar-refractivity contribution in [1.82, 2.24) is 4.31 Å². The van der Waals surface area contributed by atoms with E-state index in [2.05, 4.69) is 0 Å². The van der Waals surface area contributed by atoms with Crippen LogP contribution in [0.4, 0.5) is 0 Å². The van der Waals surface area contributed by atoms with Gasteiger partial charge in [0.15, 0.2) is 0 Å². The first kappa shape index (κ1) is 19.2. The van der Waals surface area contributed by atoms with E-state index in [0.29, 0.717) is 28.7 Å². The molecule has 1 saturated heterocycles. The number of halogens is 2. The average Bonchev–Trinajstić information content (AvgIpc) is 3.16. The Bertz CT molecular complexity index is 907. The van der Waals surface area contributed by atoms with Crippen molar-refractivity contribution >= 4 is 39.2 Å². The van der Waals surface area contributed by atoms with Crippen molar-refractivity contribution in [3.05, 3.63) is 63.6 Å². The molecule has 0 unspecified atom stereocenters. The lowest BCUT2D eigenvalue weighted by molar-refractivity contribution is 0.0473. The van der Waals surface area contributed by atoms with E-state index in [4.69, 9.17) is 27.9 Å². The molecule has 2 aromatic rings. The molecule has 8 heteroatoms. The van der Waals surface area contributed by atoms with Gasteiger partial charge in [0.05, 0.1) is 10.5 Å². The monoisotopic (exact) mass is 413 g/mol. The van der Waals surface area contributed by atoms with Crippen molar-refractivity contribution < 1.29 is 17.9 Å². The lowest BCUT2D eigenvalue weighted by atomic mass is 10.2. The Labute approximate surface area is 162 Å². The Morgan fingerprint density at radius 1 is 1.04 bits per heavy atom. The van der Waals surface area contributed by atoms with Gasteiger partial charge >= 0.3 is 5.97 Å². The van der Waals surface area contributed by atoms with Crippen molar-refractivity contribution in [2.24, 2.45) is 0 Å². The number of carbonyl (C=O) groups is 1. The van der Waals surface area contributed by atoms with Gasteiger partial charge < -0.3 is 4.74 Å². The van der Waals surface area contributed by atoms with Crippen LogP contribution in [-0.2, 0) is 21.4 Å². The Balaban J connectivity index is 1.67. The highest BCUT2D eigenvalue weighted by molar-refractivity contribution is 7.89. The van der Waals surface area contributed by atoms with E-state index in [1.54, 1.807) is 18.2 Å². The van der Waals surface area contributed by atoms with Gasteiger partial charge in [-0.3, -0.25) is 0 Å². The van der Waals surface area contributed by atoms with E-state index >= 15 is 0 Å². The summed E-state index contributed by atoms with van der Waals surface area (Å²) in [5.74, 6) is -0.555. The van der Waals surface area contributed by atoms with Crippen LogP contribution >= 0.6 is 23.2 Å². The van der Waals surface area contributed by atoms with Crippen LogP contribution in [0, 0.1) is 0 Å². The molecule has 0 aliphatic carbocycles. The fourth-order valence-electron chi connectivity index (χ4n) is 2.71. The number of rotatable bonds is 5. The van der Waals surface area contributed by atoms with Gasteiger partial charge in [-0.15, -0.1) is 0 Å². The highest BCUT2D eigenvalue weighted by atomic mass is 35.5. The summed E-state index contributed by atoms with van der Waals surface area (Å²) in [5, 5.41) is 0.914. The summed E-state index contributed by atoms with van der Waals surface area (Å²) >= 11 is 11.9. The molecule has 1 heterocycles. The van der Waals surface area contributed by atoms with Gasteiger partial charge in [-0.1, -0.05) is 29.3 Å². The molecule has 1 aliphatic heterocycles. The van der Waals surface area contributed by atoms with Crippen LogP contribution in [0.1, 0.15) is 28.8 Å². The van der Waals surface area contributed by atoms with Crippen LogP contribution < -0.4 is 0 Å². The van der Waals surface area contributed by atoms with Crippen molar-refractivity contribution in [3.63, 3.8) is 0 Å². The minimum absolute atomic E-state index is 0.00264. The SMILES string of the molecule is O=C(OCc1ccc(Cl)cc1Cl)c1ccc(S(=O)(=O)N2CCCC2)cc1. The lowest BCUT2D eigenvalue weighted by Gasteiger charge is -2.15. The van der Waals surface area contributed by atoms with Gasteiger partial charge in [0.25, 0.3) is 0 Å². The largest absolute Gasteiger partial charge is 0.457 e. The quantitative estimate of drug-likeness (QED) is 0.690. The van der Waals surface area contributed by atoms with Crippen molar-refractivity contribution in [1.29, 1.82) is 0 Å². The van der Waals surface area contributed by atoms with Crippen LogP contribution in [0.5, 0.6) is 0 Å². The van der Waals surface area contributed by atoms with Crippen LogP contribution in [-0.4, -0.2) is 31.8 Å². The third-order valence-electron chi connectivity index (χ3n) is 4.17. The molecule has 2 aromatic carbocycles. The molecule has 0 aromatic heterocycles. The number of esters is 1. The predicted octanol–water partition coefficient (Wildman–Crippen LogP) is 4.13. The average molecular weight is 414 g/mol. The molecule has 5 nitrogen and oxygen atoms in total. The number of sulfonamides is 1. The van der Waals surface area contributed by atoms with Gasteiger partial charge in [0, 0.05) is 28.7 Å². The van der Waals surface area contributed by atoms with Crippen LogP contribution in [0.15, 0.2) is 47.4 Å². The summed E-state index contributed by atoms with van der Waals surface area (Å²) in [6.45, 7) is 1.07. The standard InChI is InChI=1S/C18H17Cl2NO4S/c19-15-6-3-14(17(20)11-15)12-25-18(22)13-4-7-16(8-5-13)26(23,24)21-9-1-2-10-21/h3-8,11H,1-2,9-10,12H2. The minimum atomic E-state index is -3.49. The lowest BCUT2D eigenvalue weighted by Crippen LogP contribution is -2.27. The van der Waals surface area contributed by atoms with Gasteiger partial charge in [0.2, 0.25) is 10.0 Å². The Morgan fingerprint density at radius 3 is 2.31 bits per heavy atom. The van der Waals surface area contributed by atoms with Gasteiger partial charge in [-0.05, 0) is 49.2 Å². The Kier molecular flexibility index (Phi) is 5.87. The number of hydrogen-bond donors (Lipinski definition) is 0. The predicted molar refractivity (Wildman–Crippen MR) is 100 cm³/mol. The fourth-order valence-corrected chi connectivity index (χ4v) is 4.69. The second-order valence-corrected chi connectivity index (χ2v) is 8.73. The molecule has 26 heavy (non-hydrogen) atoms. The molecule has 3 rings (SSSR count). The molecular weight excluding hydrogens is 397 g/mol. The van der Waals surface area contributed by atoms with E-state index in [1.165, 1.54) is 28.6 Å². The van der Waals surface area contributed by atoms with Crippen molar-refractivity contribution in [3.8, 4) is 0 Å². The third kappa shape index (κ3) is 4.20. The van der Waals surface area contributed by atoms with Gasteiger partial charge in [0.1, 0.15) is 6.61 Å². The summed E-state index contributed by atoms with van der Waals surface area (Å²) < 4.78 is 31.6. The van der Waals surface area contributed by atoms with Crippen molar-refractivity contribution in [2.75, 3.05) is 13.1 Å². The summed E-state index contributed by atoms with van der Waals surface area (Å²) in [6, 6.07) is 10.7. The zero-order valence-corrected chi connectivity index (χ0v) is 16.1. The van der Waals surface area contributed by atoms with E-state index in [0.717, 1.165) is 12.8 Å². The zero-order chi connectivity index (χ0) is 18.7. The first-order valence-electron chi connectivity index (χ1n) is 8.09. The summed E-state index contributed by atoms with van der Waals surface area (Å²) in [5.41, 5.74) is 0.910. The molecule has 0 saturated carbocycles. The highest BCUT2D eigenvalue weighted by Crippen LogP contribution is 2.23. The number of ether oxygens (including phenoxy) is 1. The first-order chi connectivity index (χ1) is 12.4. The van der Waals surface area contributed by atoms with E-state index in [9.17, 15) is 13.2 Å². The number of benzene rings is 2. The molecule has 1 aliphatic rings. The van der Waals surface area contributed by atoms with Crippen LogP contribution in [0.25, 0.3) is 0 Å². The van der Waals surface area contributed by atoms with Gasteiger partial charge in [-0.2, -0.15) is 4.31 Å². The highest BCUT2D eigenvalue weighted by Gasteiger charge is 2.27. The molecule has 138 valence electrons. The Hall–Kier alpha value is -1.60. The molecule has 0 spiro atoms. The van der Waals surface area contributed by atoms with Crippen LogP contribution in [0.3, 0.4) is 0 Å². The van der Waals surface area contributed by atoms with E-state index in [1.807, 2.05) is 0 Å². The normalized spacial score (nSPS) is 15.2. The summed E-state index contributed by atoms with van der Waals surface area (Å²) in [4.78, 5) is 12.3. The van der Waals surface area contributed by atoms with E-state index < -0.39 is 16.0 Å². The van der Waals surface area contributed by atoms with Gasteiger partial charge in [-0.25, -0.2) is 13.2 Å². The molecular formula is C18H17Cl2NO4S.